The molecule has 0 bridgehead atoms. The van der Waals surface area contributed by atoms with E-state index in [0.717, 1.165) is 5.76 Å². The van der Waals surface area contributed by atoms with Crippen LogP contribution in [-0.4, -0.2) is 58.6 Å². The van der Waals surface area contributed by atoms with Crippen LogP contribution in [0.4, 0.5) is 0 Å². The van der Waals surface area contributed by atoms with Gasteiger partial charge in [0.1, 0.15) is 12.3 Å². The fourth-order valence-corrected chi connectivity index (χ4v) is 2.03. The Hall–Kier alpha value is -2.26. The number of ether oxygens (including phenoxy) is 2. The summed E-state index contributed by atoms with van der Waals surface area (Å²) in [5.41, 5.74) is 0. The molecular weight excluding hydrogens is 290 g/mol. The quantitative estimate of drug-likeness (QED) is 0.813. The van der Waals surface area contributed by atoms with Gasteiger partial charge in [0.15, 0.2) is 5.76 Å². The number of nitrogens with one attached hydrogen (secondary N) is 1. The molecule has 1 atom stereocenters. The first-order chi connectivity index (χ1) is 10.7. The Morgan fingerprint density at radius 3 is 3.09 bits per heavy atom. The highest BCUT2D eigenvalue weighted by Crippen LogP contribution is 2.16. The SMILES string of the molecule is Cc1ccc(-c2nnn(CC(=O)NC[C@H]3COCCO3)n2)o1. The van der Waals surface area contributed by atoms with Crippen LogP contribution in [0.1, 0.15) is 5.76 Å². The third-order valence-corrected chi connectivity index (χ3v) is 3.11. The van der Waals surface area contributed by atoms with E-state index in [1.807, 2.05) is 13.0 Å². The van der Waals surface area contributed by atoms with Crippen molar-refractivity contribution in [2.45, 2.75) is 19.6 Å². The van der Waals surface area contributed by atoms with E-state index < -0.39 is 0 Å². The molecule has 0 aliphatic carbocycles. The topological polar surface area (TPSA) is 104 Å². The number of hydrogen-bond acceptors (Lipinski definition) is 7. The highest BCUT2D eigenvalue weighted by atomic mass is 16.6. The smallest absolute Gasteiger partial charge is 0.243 e. The largest absolute Gasteiger partial charge is 0.458 e. The van der Waals surface area contributed by atoms with Crippen molar-refractivity contribution in [1.29, 1.82) is 0 Å². The van der Waals surface area contributed by atoms with Gasteiger partial charge in [-0.1, -0.05) is 0 Å². The van der Waals surface area contributed by atoms with Gasteiger partial charge < -0.3 is 19.2 Å². The Bertz CT molecular complexity index is 632. The van der Waals surface area contributed by atoms with Crippen LogP contribution in [0.3, 0.4) is 0 Å². The molecule has 2 aromatic rings. The van der Waals surface area contributed by atoms with Gasteiger partial charge in [0.25, 0.3) is 0 Å². The zero-order valence-corrected chi connectivity index (χ0v) is 12.2. The number of tetrazole rings is 1. The predicted octanol–water partition coefficient (Wildman–Crippen LogP) is -0.227. The first kappa shape index (κ1) is 14.7. The van der Waals surface area contributed by atoms with E-state index in [1.165, 1.54) is 4.80 Å². The molecule has 0 aromatic carbocycles. The van der Waals surface area contributed by atoms with Gasteiger partial charge in [-0.2, -0.15) is 4.80 Å². The van der Waals surface area contributed by atoms with Gasteiger partial charge in [0.2, 0.25) is 11.7 Å². The molecular formula is C13H17N5O4. The number of aromatic nitrogens is 4. The Labute approximate surface area is 126 Å². The van der Waals surface area contributed by atoms with Gasteiger partial charge in [-0.25, -0.2) is 0 Å². The lowest BCUT2D eigenvalue weighted by atomic mass is 10.3. The first-order valence-corrected chi connectivity index (χ1v) is 7.01. The summed E-state index contributed by atoms with van der Waals surface area (Å²) < 4.78 is 16.1. The van der Waals surface area contributed by atoms with Crippen molar-refractivity contribution in [3.05, 3.63) is 17.9 Å². The number of aryl methyl sites for hydroxylation is 1. The minimum absolute atomic E-state index is 0.0136. The van der Waals surface area contributed by atoms with Gasteiger partial charge in [-0.15, -0.1) is 10.2 Å². The van der Waals surface area contributed by atoms with Crippen LogP contribution in [0.15, 0.2) is 16.5 Å². The molecule has 22 heavy (non-hydrogen) atoms. The lowest BCUT2D eigenvalue weighted by Crippen LogP contribution is -2.40. The van der Waals surface area contributed by atoms with E-state index in [1.54, 1.807) is 6.07 Å². The van der Waals surface area contributed by atoms with Crippen molar-refractivity contribution in [3.63, 3.8) is 0 Å². The first-order valence-electron chi connectivity index (χ1n) is 7.01. The zero-order valence-electron chi connectivity index (χ0n) is 12.2. The standard InChI is InChI=1S/C13H17N5O4/c1-9-2-3-11(22-9)13-15-17-18(16-13)7-12(19)14-6-10-8-20-4-5-21-10/h2-3,10H,4-8H2,1H3,(H,14,19)/t10-/m0/s1. The Kier molecular flexibility index (Phi) is 4.45. The Morgan fingerprint density at radius 1 is 1.45 bits per heavy atom. The number of amides is 1. The van der Waals surface area contributed by atoms with E-state index in [2.05, 4.69) is 20.7 Å². The summed E-state index contributed by atoms with van der Waals surface area (Å²) >= 11 is 0. The third-order valence-electron chi connectivity index (χ3n) is 3.11. The average molecular weight is 307 g/mol. The molecule has 1 aliphatic heterocycles. The van der Waals surface area contributed by atoms with Crippen LogP contribution < -0.4 is 5.32 Å². The van der Waals surface area contributed by atoms with Gasteiger partial charge in [0, 0.05) is 6.54 Å². The van der Waals surface area contributed by atoms with Crippen molar-refractivity contribution in [1.82, 2.24) is 25.5 Å². The van der Waals surface area contributed by atoms with Crippen molar-refractivity contribution < 1.29 is 18.7 Å². The molecule has 3 rings (SSSR count). The Balaban J connectivity index is 1.50. The van der Waals surface area contributed by atoms with Gasteiger partial charge in [-0.05, 0) is 24.3 Å². The number of hydrogen-bond donors (Lipinski definition) is 1. The molecule has 1 fully saturated rings. The summed E-state index contributed by atoms with van der Waals surface area (Å²) in [4.78, 5) is 13.1. The summed E-state index contributed by atoms with van der Waals surface area (Å²) in [5, 5.41) is 14.6. The molecule has 1 saturated heterocycles. The second-order valence-corrected chi connectivity index (χ2v) is 4.93. The molecule has 1 amide bonds. The molecule has 0 unspecified atom stereocenters. The third kappa shape index (κ3) is 3.68. The van der Waals surface area contributed by atoms with Crippen LogP contribution in [0.2, 0.25) is 0 Å². The van der Waals surface area contributed by atoms with Gasteiger partial charge in [-0.3, -0.25) is 4.79 Å². The molecule has 1 N–H and O–H groups in total. The van der Waals surface area contributed by atoms with Crippen molar-refractivity contribution in [3.8, 4) is 11.6 Å². The van der Waals surface area contributed by atoms with E-state index in [-0.39, 0.29) is 18.6 Å². The van der Waals surface area contributed by atoms with E-state index in [9.17, 15) is 4.79 Å². The summed E-state index contributed by atoms with van der Waals surface area (Å²) in [7, 11) is 0. The summed E-state index contributed by atoms with van der Waals surface area (Å²) in [6.07, 6.45) is -0.108. The van der Waals surface area contributed by atoms with Crippen molar-refractivity contribution in [2.24, 2.45) is 0 Å². The van der Waals surface area contributed by atoms with Crippen LogP contribution in [0.5, 0.6) is 0 Å². The minimum atomic E-state index is -0.214. The highest BCUT2D eigenvalue weighted by Gasteiger charge is 2.16. The lowest BCUT2D eigenvalue weighted by Gasteiger charge is -2.22. The van der Waals surface area contributed by atoms with Gasteiger partial charge in [0.05, 0.1) is 25.9 Å². The summed E-state index contributed by atoms with van der Waals surface area (Å²) in [5.74, 6) is 1.43. The predicted molar refractivity (Wildman–Crippen MR) is 73.8 cm³/mol. The maximum Gasteiger partial charge on any atom is 0.243 e. The van der Waals surface area contributed by atoms with Crippen LogP contribution >= 0.6 is 0 Å². The minimum Gasteiger partial charge on any atom is -0.458 e. The number of rotatable bonds is 5. The molecule has 2 aromatic heterocycles. The van der Waals surface area contributed by atoms with Crippen molar-refractivity contribution in [2.75, 3.05) is 26.4 Å². The Morgan fingerprint density at radius 2 is 2.36 bits per heavy atom. The molecule has 0 saturated carbocycles. The molecule has 118 valence electrons. The molecule has 9 heteroatoms. The summed E-state index contributed by atoms with van der Waals surface area (Å²) in [6, 6.07) is 3.58. The van der Waals surface area contributed by atoms with E-state index >= 15 is 0 Å². The molecule has 1 aliphatic rings. The zero-order chi connectivity index (χ0) is 15.4. The monoisotopic (exact) mass is 307 g/mol. The fraction of sp³-hybridized carbons (Fsp3) is 0.538. The van der Waals surface area contributed by atoms with Crippen LogP contribution in [0.25, 0.3) is 11.6 Å². The molecule has 0 spiro atoms. The van der Waals surface area contributed by atoms with Gasteiger partial charge >= 0.3 is 0 Å². The van der Waals surface area contributed by atoms with Crippen LogP contribution in [-0.2, 0) is 20.8 Å². The number of nitrogens with zero attached hydrogens (tertiary/aromatic N) is 4. The maximum absolute atomic E-state index is 11.8. The van der Waals surface area contributed by atoms with E-state index in [0.29, 0.717) is 38.0 Å². The molecule has 9 nitrogen and oxygen atoms in total. The average Bonchev–Trinajstić information content (AvgIpc) is 3.15. The molecule has 0 radical (unpaired) electrons. The number of furan rings is 1. The second-order valence-electron chi connectivity index (χ2n) is 4.93. The fourth-order valence-electron chi connectivity index (χ4n) is 2.03. The normalized spacial score (nSPS) is 18.3. The van der Waals surface area contributed by atoms with Crippen LogP contribution in [0, 0.1) is 6.92 Å². The second kappa shape index (κ2) is 6.67. The highest BCUT2D eigenvalue weighted by molar-refractivity contribution is 5.75. The van der Waals surface area contributed by atoms with Crippen molar-refractivity contribution >= 4 is 5.91 Å². The maximum atomic E-state index is 11.8. The molecule has 3 heterocycles. The number of carbonyl (C=O) groups is 1. The summed E-state index contributed by atoms with van der Waals surface area (Å²) in [6.45, 7) is 3.86. The number of carbonyl (C=O) groups excluding carboxylic acids is 1. The van der Waals surface area contributed by atoms with E-state index in [4.69, 9.17) is 13.9 Å². The lowest BCUT2D eigenvalue weighted by molar-refractivity contribution is -0.124.